The van der Waals surface area contributed by atoms with Crippen LogP contribution in [0, 0.1) is 5.92 Å². The van der Waals surface area contributed by atoms with Crippen molar-refractivity contribution in [3.8, 4) is 0 Å². The van der Waals surface area contributed by atoms with E-state index in [4.69, 9.17) is 0 Å². The minimum atomic E-state index is 0.165. The van der Waals surface area contributed by atoms with Crippen molar-refractivity contribution in [3.63, 3.8) is 0 Å². The molecule has 1 aliphatic rings. The summed E-state index contributed by atoms with van der Waals surface area (Å²) < 4.78 is 0. The van der Waals surface area contributed by atoms with Crippen LogP contribution < -0.4 is 0 Å². The summed E-state index contributed by atoms with van der Waals surface area (Å²) in [5, 5.41) is 0.960. The fourth-order valence-corrected chi connectivity index (χ4v) is 2.92. The Labute approximate surface area is 117 Å². The summed E-state index contributed by atoms with van der Waals surface area (Å²) in [6.45, 7) is 3.75. The highest BCUT2D eigenvalue weighted by Gasteiger charge is 2.29. The second kappa shape index (κ2) is 6.37. The lowest BCUT2D eigenvalue weighted by Gasteiger charge is -2.23. The summed E-state index contributed by atoms with van der Waals surface area (Å²) in [5.74, 6) is 0.493. The number of amides is 1. The van der Waals surface area contributed by atoms with Crippen molar-refractivity contribution in [3.05, 3.63) is 35.4 Å². The van der Waals surface area contributed by atoms with E-state index in [0.29, 0.717) is 5.91 Å². The molecule has 0 saturated heterocycles. The van der Waals surface area contributed by atoms with E-state index in [1.807, 2.05) is 4.90 Å². The van der Waals surface area contributed by atoms with Crippen LogP contribution in [-0.4, -0.2) is 29.2 Å². The first kappa shape index (κ1) is 13.6. The molecule has 0 fully saturated rings. The fraction of sp³-hybridized carbons (Fsp3) is 0.533. The minimum Gasteiger partial charge on any atom is -0.343 e. The first-order chi connectivity index (χ1) is 8.76. The molecule has 0 heterocycles. The van der Waals surface area contributed by atoms with Gasteiger partial charge in [0.15, 0.2) is 0 Å². The summed E-state index contributed by atoms with van der Waals surface area (Å²) in [7, 11) is 0. The van der Waals surface area contributed by atoms with Crippen LogP contribution in [0.15, 0.2) is 24.3 Å². The van der Waals surface area contributed by atoms with Gasteiger partial charge in [0.1, 0.15) is 0 Å². The van der Waals surface area contributed by atoms with E-state index in [0.717, 1.165) is 37.7 Å². The first-order valence-corrected chi connectivity index (χ1v) is 7.80. The standard InChI is InChI=1S/C15H20BrNO/c1-2-17(9-5-8-16)15(18)14-10-12-6-3-4-7-13(12)11-14/h3-4,6-7,14H,2,5,8-11H2,1H3. The molecular weight excluding hydrogens is 290 g/mol. The number of hydrogen-bond acceptors (Lipinski definition) is 1. The summed E-state index contributed by atoms with van der Waals surface area (Å²) in [5.41, 5.74) is 2.71. The Morgan fingerprint density at radius 3 is 2.44 bits per heavy atom. The van der Waals surface area contributed by atoms with Gasteiger partial charge in [0.05, 0.1) is 0 Å². The Balaban J connectivity index is 1.99. The number of carbonyl (C=O) groups is 1. The van der Waals surface area contributed by atoms with E-state index in [1.54, 1.807) is 0 Å². The smallest absolute Gasteiger partial charge is 0.226 e. The average molecular weight is 310 g/mol. The van der Waals surface area contributed by atoms with E-state index in [9.17, 15) is 4.79 Å². The number of rotatable bonds is 5. The number of carbonyl (C=O) groups excluding carboxylic acids is 1. The zero-order valence-corrected chi connectivity index (χ0v) is 12.4. The van der Waals surface area contributed by atoms with Crippen molar-refractivity contribution in [2.75, 3.05) is 18.4 Å². The van der Waals surface area contributed by atoms with Crippen LogP contribution in [0.4, 0.5) is 0 Å². The van der Waals surface area contributed by atoms with Crippen LogP contribution in [-0.2, 0) is 17.6 Å². The molecule has 98 valence electrons. The molecule has 0 N–H and O–H groups in total. The summed E-state index contributed by atoms with van der Waals surface area (Å²) in [6.07, 6.45) is 2.86. The number of halogens is 1. The number of alkyl halides is 1. The van der Waals surface area contributed by atoms with Gasteiger partial charge < -0.3 is 4.90 Å². The van der Waals surface area contributed by atoms with Gasteiger partial charge in [0.2, 0.25) is 5.91 Å². The maximum atomic E-state index is 12.5. The molecule has 0 radical (unpaired) electrons. The molecule has 0 atom stereocenters. The van der Waals surface area contributed by atoms with Gasteiger partial charge in [-0.05, 0) is 37.3 Å². The Kier molecular flexibility index (Phi) is 4.81. The average Bonchev–Trinajstić information content (AvgIpc) is 2.83. The third-order valence-electron chi connectivity index (χ3n) is 3.66. The third kappa shape index (κ3) is 2.94. The Hall–Kier alpha value is -0.830. The molecule has 0 unspecified atom stereocenters. The Morgan fingerprint density at radius 1 is 1.33 bits per heavy atom. The molecule has 1 aromatic carbocycles. The molecule has 1 aliphatic carbocycles. The number of fused-ring (bicyclic) bond motifs is 1. The number of benzene rings is 1. The van der Waals surface area contributed by atoms with Crippen molar-refractivity contribution in [1.82, 2.24) is 4.90 Å². The normalized spacial score (nSPS) is 14.6. The van der Waals surface area contributed by atoms with E-state index >= 15 is 0 Å². The summed E-state index contributed by atoms with van der Waals surface area (Å²) in [6, 6.07) is 8.43. The van der Waals surface area contributed by atoms with Crippen LogP contribution in [0.25, 0.3) is 0 Å². The largest absolute Gasteiger partial charge is 0.343 e. The zero-order valence-electron chi connectivity index (χ0n) is 10.9. The number of nitrogens with zero attached hydrogens (tertiary/aromatic N) is 1. The van der Waals surface area contributed by atoms with Gasteiger partial charge >= 0.3 is 0 Å². The van der Waals surface area contributed by atoms with Crippen LogP contribution in [0.2, 0.25) is 0 Å². The highest BCUT2D eigenvalue weighted by atomic mass is 79.9. The topological polar surface area (TPSA) is 20.3 Å². The highest BCUT2D eigenvalue weighted by molar-refractivity contribution is 9.09. The summed E-state index contributed by atoms with van der Waals surface area (Å²) in [4.78, 5) is 14.5. The molecule has 2 rings (SSSR count). The zero-order chi connectivity index (χ0) is 13.0. The molecular formula is C15H20BrNO. The predicted molar refractivity (Wildman–Crippen MR) is 78.0 cm³/mol. The SMILES string of the molecule is CCN(CCCBr)C(=O)C1Cc2ccccc2C1. The van der Waals surface area contributed by atoms with Crippen molar-refractivity contribution < 1.29 is 4.79 Å². The molecule has 3 heteroatoms. The second-order valence-corrected chi connectivity index (χ2v) is 5.63. The molecule has 0 aliphatic heterocycles. The van der Waals surface area contributed by atoms with Gasteiger partial charge in [-0.3, -0.25) is 4.79 Å². The first-order valence-electron chi connectivity index (χ1n) is 6.67. The third-order valence-corrected chi connectivity index (χ3v) is 4.22. The van der Waals surface area contributed by atoms with Crippen molar-refractivity contribution >= 4 is 21.8 Å². The van der Waals surface area contributed by atoms with Crippen LogP contribution in [0.3, 0.4) is 0 Å². The van der Waals surface area contributed by atoms with Crippen LogP contribution in [0.1, 0.15) is 24.5 Å². The van der Waals surface area contributed by atoms with Gasteiger partial charge in [-0.25, -0.2) is 0 Å². The van der Waals surface area contributed by atoms with Gasteiger partial charge in [-0.1, -0.05) is 40.2 Å². The molecule has 2 nitrogen and oxygen atoms in total. The van der Waals surface area contributed by atoms with Gasteiger partial charge in [0.25, 0.3) is 0 Å². The predicted octanol–water partition coefficient (Wildman–Crippen LogP) is 3.03. The minimum absolute atomic E-state index is 0.165. The van der Waals surface area contributed by atoms with Crippen LogP contribution in [0.5, 0.6) is 0 Å². The molecule has 0 aromatic heterocycles. The maximum Gasteiger partial charge on any atom is 0.226 e. The van der Waals surface area contributed by atoms with E-state index in [1.165, 1.54) is 11.1 Å². The van der Waals surface area contributed by atoms with Gasteiger partial charge in [-0.15, -0.1) is 0 Å². The van der Waals surface area contributed by atoms with Gasteiger partial charge in [0, 0.05) is 24.3 Å². The van der Waals surface area contributed by atoms with Crippen LogP contribution >= 0.6 is 15.9 Å². The molecule has 1 amide bonds. The molecule has 0 spiro atoms. The molecule has 0 bridgehead atoms. The van der Waals surface area contributed by atoms with Crippen molar-refractivity contribution in [2.45, 2.75) is 26.2 Å². The van der Waals surface area contributed by atoms with E-state index in [2.05, 4.69) is 47.1 Å². The molecule has 18 heavy (non-hydrogen) atoms. The lowest BCUT2D eigenvalue weighted by Crippen LogP contribution is -2.37. The quantitative estimate of drug-likeness (QED) is 0.766. The lowest BCUT2D eigenvalue weighted by atomic mass is 10.0. The van der Waals surface area contributed by atoms with Gasteiger partial charge in [-0.2, -0.15) is 0 Å². The van der Waals surface area contributed by atoms with Crippen molar-refractivity contribution in [2.24, 2.45) is 5.92 Å². The Morgan fingerprint density at radius 2 is 1.94 bits per heavy atom. The van der Waals surface area contributed by atoms with E-state index < -0.39 is 0 Å². The maximum absolute atomic E-state index is 12.5. The molecule has 0 saturated carbocycles. The Bertz CT molecular complexity index is 394. The number of hydrogen-bond donors (Lipinski definition) is 0. The fourth-order valence-electron chi connectivity index (χ4n) is 2.67. The van der Waals surface area contributed by atoms with Crippen molar-refractivity contribution in [1.29, 1.82) is 0 Å². The lowest BCUT2D eigenvalue weighted by molar-refractivity contribution is -0.135. The molecule has 1 aromatic rings. The highest BCUT2D eigenvalue weighted by Crippen LogP contribution is 2.27. The second-order valence-electron chi connectivity index (χ2n) is 4.83. The monoisotopic (exact) mass is 309 g/mol. The van der Waals surface area contributed by atoms with E-state index in [-0.39, 0.29) is 5.92 Å². The summed E-state index contributed by atoms with van der Waals surface area (Å²) >= 11 is 3.43.